The number of hydrogen-bond donors (Lipinski definition) is 1. The maximum Gasteiger partial charge on any atom is 0.0244 e. The minimum absolute atomic E-state index is 0.612. The van der Waals surface area contributed by atoms with Crippen LogP contribution in [0.15, 0.2) is 0 Å². The molecule has 1 rings (SSSR count). The summed E-state index contributed by atoms with van der Waals surface area (Å²) in [7, 11) is -0.643. The van der Waals surface area contributed by atoms with Gasteiger partial charge in [-0.05, 0) is 25.8 Å². The van der Waals surface area contributed by atoms with Crippen LogP contribution in [0.3, 0.4) is 0 Å². The molecule has 0 aromatic carbocycles. The summed E-state index contributed by atoms with van der Waals surface area (Å²) >= 11 is 0. The molecule has 1 heterocycles. The third kappa shape index (κ3) is 5.06. The number of rotatable bonds is 6. The topological polar surface area (TPSA) is 32.3 Å². The molecule has 0 aromatic heterocycles. The molecule has 3 nitrogen and oxygen atoms in total. The molecule has 1 N–H and O–H groups in total. The van der Waals surface area contributed by atoms with Crippen molar-refractivity contribution in [2.24, 2.45) is 5.92 Å². The Bertz CT molecular complexity index is 248. The van der Waals surface area contributed by atoms with Crippen molar-refractivity contribution >= 4 is 10.8 Å². The van der Waals surface area contributed by atoms with E-state index in [1.165, 1.54) is 6.42 Å². The second-order valence-electron chi connectivity index (χ2n) is 5.38. The lowest BCUT2D eigenvalue weighted by atomic mass is 9.95. The molecular formula is C13H28N2OS. The number of nitrogens with one attached hydrogen (secondary N) is 1. The van der Waals surface area contributed by atoms with E-state index < -0.39 is 10.8 Å². The van der Waals surface area contributed by atoms with E-state index in [2.05, 4.69) is 31.0 Å². The highest BCUT2D eigenvalue weighted by atomic mass is 32.2. The first kappa shape index (κ1) is 15.1. The average molecular weight is 260 g/mol. The van der Waals surface area contributed by atoms with Gasteiger partial charge in [0.2, 0.25) is 0 Å². The highest BCUT2D eigenvalue weighted by Crippen LogP contribution is 2.15. The minimum Gasteiger partial charge on any atom is -0.311 e. The van der Waals surface area contributed by atoms with Crippen LogP contribution in [-0.4, -0.2) is 52.8 Å². The first-order chi connectivity index (χ1) is 8.04. The third-order valence-electron chi connectivity index (χ3n) is 3.94. The van der Waals surface area contributed by atoms with Gasteiger partial charge in [-0.3, -0.25) is 9.11 Å². The van der Waals surface area contributed by atoms with Crippen LogP contribution in [-0.2, 0) is 10.8 Å². The molecule has 0 spiro atoms. The molecule has 4 unspecified atom stereocenters. The Morgan fingerprint density at radius 3 is 2.82 bits per heavy atom. The largest absolute Gasteiger partial charge is 0.311 e. The molecule has 1 aliphatic rings. The standard InChI is InChI=1S/C13H28N2OS/c1-5-11(2)13-10-15(12(3)9-14-13)7-6-8-17(4)16/h11-14H,5-10H2,1-4H3. The van der Waals surface area contributed by atoms with Gasteiger partial charge in [-0.1, -0.05) is 20.3 Å². The molecule has 1 fully saturated rings. The fourth-order valence-electron chi connectivity index (χ4n) is 2.40. The zero-order valence-electron chi connectivity index (χ0n) is 11.7. The fourth-order valence-corrected chi connectivity index (χ4v) is 2.93. The first-order valence-electron chi connectivity index (χ1n) is 6.82. The Balaban J connectivity index is 2.37. The maximum absolute atomic E-state index is 11.1. The Labute approximate surface area is 109 Å². The summed E-state index contributed by atoms with van der Waals surface area (Å²) in [6, 6.07) is 1.24. The second kappa shape index (κ2) is 7.49. The molecule has 4 heteroatoms. The van der Waals surface area contributed by atoms with Crippen LogP contribution in [0.4, 0.5) is 0 Å². The molecule has 102 valence electrons. The van der Waals surface area contributed by atoms with Gasteiger partial charge in [-0.15, -0.1) is 0 Å². The van der Waals surface area contributed by atoms with Crippen LogP contribution in [0.2, 0.25) is 0 Å². The third-order valence-corrected chi connectivity index (χ3v) is 4.80. The van der Waals surface area contributed by atoms with Gasteiger partial charge in [0.15, 0.2) is 0 Å². The van der Waals surface area contributed by atoms with E-state index >= 15 is 0 Å². The van der Waals surface area contributed by atoms with Crippen molar-refractivity contribution in [2.45, 2.75) is 45.7 Å². The van der Waals surface area contributed by atoms with Gasteiger partial charge in [0.05, 0.1) is 0 Å². The van der Waals surface area contributed by atoms with Gasteiger partial charge in [-0.25, -0.2) is 0 Å². The Morgan fingerprint density at radius 1 is 1.53 bits per heavy atom. The van der Waals surface area contributed by atoms with Gasteiger partial charge in [0.25, 0.3) is 0 Å². The number of piperazine rings is 1. The molecule has 4 atom stereocenters. The summed E-state index contributed by atoms with van der Waals surface area (Å²) in [5.74, 6) is 1.58. The number of nitrogens with zero attached hydrogens (tertiary/aromatic N) is 1. The quantitative estimate of drug-likeness (QED) is 0.785. The summed E-state index contributed by atoms with van der Waals surface area (Å²) in [6.07, 6.45) is 4.09. The van der Waals surface area contributed by atoms with Gasteiger partial charge in [0, 0.05) is 48.0 Å². The molecule has 0 radical (unpaired) electrons. The molecule has 0 saturated carbocycles. The molecule has 0 amide bonds. The van der Waals surface area contributed by atoms with Crippen molar-refractivity contribution in [2.75, 3.05) is 31.6 Å². The van der Waals surface area contributed by atoms with Crippen molar-refractivity contribution in [3.63, 3.8) is 0 Å². The molecule has 0 aliphatic carbocycles. The van der Waals surface area contributed by atoms with Crippen molar-refractivity contribution in [1.29, 1.82) is 0 Å². The smallest absolute Gasteiger partial charge is 0.0244 e. The van der Waals surface area contributed by atoms with Gasteiger partial charge >= 0.3 is 0 Å². The molecule has 0 bridgehead atoms. The summed E-state index contributed by atoms with van der Waals surface area (Å²) in [5, 5.41) is 3.65. The Hall–Kier alpha value is 0.0700. The fraction of sp³-hybridized carbons (Fsp3) is 1.00. The summed E-state index contributed by atoms with van der Waals surface area (Å²) in [6.45, 7) is 10.2. The van der Waals surface area contributed by atoms with E-state index in [1.807, 2.05) is 0 Å². The zero-order chi connectivity index (χ0) is 12.8. The molecular weight excluding hydrogens is 232 g/mol. The summed E-state index contributed by atoms with van der Waals surface area (Å²) in [4.78, 5) is 2.56. The molecule has 1 aliphatic heterocycles. The lowest BCUT2D eigenvalue weighted by Gasteiger charge is -2.41. The van der Waals surface area contributed by atoms with Crippen LogP contribution in [0, 0.1) is 5.92 Å². The van der Waals surface area contributed by atoms with Crippen LogP contribution in [0.1, 0.15) is 33.6 Å². The summed E-state index contributed by atoms with van der Waals surface area (Å²) in [5.41, 5.74) is 0. The normalized spacial score (nSPS) is 30.1. The van der Waals surface area contributed by atoms with E-state index in [1.54, 1.807) is 6.26 Å². The number of hydrogen-bond acceptors (Lipinski definition) is 3. The predicted octanol–water partition coefficient (Wildman–Crippen LogP) is 1.46. The van der Waals surface area contributed by atoms with Crippen molar-refractivity contribution < 1.29 is 4.21 Å². The lowest BCUT2D eigenvalue weighted by molar-refractivity contribution is 0.119. The van der Waals surface area contributed by atoms with Crippen molar-refractivity contribution in [3.8, 4) is 0 Å². The van der Waals surface area contributed by atoms with Gasteiger partial charge < -0.3 is 5.32 Å². The molecule has 17 heavy (non-hydrogen) atoms. The Morgan fingerprint density at radius 2 is 2.24 bits per heavy atom. The monoisotopic (exact) mass is 260 g/mol. The SMILES string of the molecule is CCC(C)C1CN(CCCS(C)=O)C(C)CN1. The van der Waals surface area contributed by atoms with Crippen molar-refractivity contribution in [1.82, 2.24) is 10.2 Å². The van der Waals surface area contributed by atoms with E-state index in [0.717, 1.165) is 37.7 Å². The first-order valence-corrected chi connectivity index (χ1v) is 8.54. The highest BCUT2D eigenvalue weighted by molar-refractivity contribution is 7.84. The van der Waals surface area contributed by atoms with Crippen LogP contribution < -0.4 is 5.32 Å². The minimum atomic E-state index is -0.643. The van der Waals surface area contributed by atoms with Gasteiger partial charge in [-0.2, -0.15) is 0 Å². The van der Waals surface area contributed by atoms with E-state index in [9.17, 15) is 4.21 Å². The van der Waals surface area contributed by atoms with Crippen LogP contribution in [0.5, 0.6) is 0 Å². The summed E-state index contributed by atoms with van der Waals surface area (Å²) < 4.78 is 11.1. The maximum atomic E-state index is 11.1. The Kier molecular flexibility index (Phi) is 6.67. The van der Waals surface area contributed by atoms with E-state index in [-0.39, 0.29) is 0 Å². The van der Waals surface area contributed by atoms with Crippen LogP contribution in [0.25, 0.3) is 0 Å². The van der Waals surface area contributed by atoms with E-state index in [4.69, 9.17) is 0 Å². The van der Waals surface area contributed by atoms with Crippen molar-refractivity contribution in [3.05, 3.63) is 0 Å². The van der Waals surface area contributed by atoms with Crippen LogP contribution >= 0.6 is 0 Å². The predicted molar refractivity (Wildman–Crippen MR) is 75.8 cm³/mol. The zero-order valence-corrected chi connectivity index (χ0v) is 12.6. The van der Waals surface area contributed by atoms with Gasteiger partial charge in [0.1, 0.15) is 0 Å². The molecule has 1 saturated heterocycles. The molecule has 0 aromatic rings. The second-order valence-corrected chi connectivity index (χ2v) is 6.93. The average Bonchev–Trinajstić information content (AvgIpc) is 2.30. The van der Waals surface area contributed by atoms with E-state index in [0.29, 0.717) is 12.1 Å². The lowest BCUT2D eigenvalue weighted by Crippen LogP contribution is -2.57. The highest BCUT2D eigenvalue weighted by Gasteiger charge is 2.27.